The monoisotopic (exact) mass is 358 g/mol. The van der Waals surface area contributed by atoms with Crippen LogP contribution in [0.3, 0.4) is 0 Å². The van der Waals surface area contributed by atoms with Crippen LogP contribution in [0.25, 0.3) is 10.8 Å². The van der Waals surface area contributed by atoms with Crippen molar-refractivity contribution in [3.63, 3.8) is 0 Å². The highest BCUT2D eigenvalue weighted by molar-refractivity contribution is 7.91. The molecule has 0 saturated carbocycles. The lowest BCUT2D eigenvalue weighted by Crippen LogP contribution is -2.45. The van der Waals surface area contributed by atoms with Gasteiger partial charge >= 0.3 is 0 Å². The minimum Gasteiger partial charge on any atom is -0.616 e. The van der Waals surface area contributed by atoms with E-state index >= 15 is 0 Å². The van der Waals surface area contributed by atoms with Gasteiger partial charge in [0.2, 0.25) is 0 Å². The van der Waals surface area contributed by atoms with Crippen LogP contribution in [-0.2, 0) is 11.2 Å². The zero-order valence-electron chi connectivity index (χ0n) is 15.1. The van der Waals surface area contributed by atoms with Crippen molar-refractivity contribution in [3.8, 4) is 0 Å². The van der Waals surface area contributed by atoms with E-state index in [1.807, 2.05) is 0 Å². The van der Waals surface area contributed by atoms with Crippen LogP contribution < -0.4 is 9.80 Å². The Balaban J connectivity index is 1.76. The van der Waals surface area contributed by atoms with Gasteiger partial charge in [-0.05, 0) is 31.0 Å². The predicted molar refractivity (Wildman–Crippen MR) is 106 cm³/mol. The van der Waals surface area contributed by atoms with Crippen LogP contribution in [0.1, 0.15) is 5.56 Å². The summed E-state index contributed by atoms with van der Waals surface area (Å²) in [6.45, 7) is 8.01. The minimum atomic E-state index is -0.672. The van der Waals surface area contributed by atoms with Crippen LogP contribution in [0.5, 0.6) is 0 Å². The van der Waals surface area contributed by atoms with Gasteiger partial charge in [-0.3, -0.25) is 0 Å². The van der Waals surface area contributed by atoms with Crippen LogP contribution in [0.4, 0.5) is 11.6 Å². The molecule has 25 heavy (non-hydrogen) atoms. The van der Waals surface area contributed by atoms with Crippen molar-refractivity contribution in [1.82, 2.24) is 9.88 Å². The molecule has 4 rings (SSSR count). The second-order valence-corrected chi connectivity index (χ2v) is 8.80. The van der Waals surface area contributed by atoms with Crippen LogP contribution in [0.15, 0.2) is 24.3 Å². The molecule has 0 radical (unpaired) electrons. The van der Waals surface area contributed by atoms with E-state index in [9.17, 15) is 4.55 Å². The normalized spacial score (nSPS) is 20.4. The summed E-state index contributed by atoms with van der Waals surface area (Å²) in [4.78, 5) is 12.2. The summed E-state index contributed by atoms with van der Waals surface area (Å²) in [5, 5.41) is 2.50. The third kappa shape index (κ3) is 3.43. The number of nitrogens with zero attached hydrogens (tertiary/aromatic N) is 4. The highest BCUT2D eigenvalue weighted by atomic mass is 32.2. The third-order valence-electron chi connectivity index (χ3n) is 5.36. The van der Waals surface area contributed by atoms with Gasteiger partial charge in [0.15, 0.2) is 0 Å². The van der Waals surface area contributed by atoms with Crippen LogP contribution >= 0.6 is 0 Å². The summed E-state index contributed by atoms with van der Waals surface area (Å²) in [6, 6.07) is 8.71. The maximum atomic E-state index is 11.8. The minimum absolute atomic E-state index is 0.672. The van der Waals surface area contributed by atoms with Crippen molar-refractivity contribution in [3.05, 3.63) is 29.8 Å². The number of hydrogen-bond donors (Lipinski definition) is 0. The van der Waals surface area contributed by atoms with Crippen LogP contribution in [0.2, 0.25) is 0 Å². The summed E-state index contributed by atoms with van der Waals surface area (Å²) in [7, 11) is 2.18. The lowest BCUT2D eigenvalue weighted by atomic mass is 10.1. The topological polar surface area (TPSA) is 45.7 Å². The first kappa shape index (κ1) is 16.9. The SMILES string of the molecule is Cc1cccc2c(N3CC[S+]([O-])CC3)nc(N3CCN(C)CC3)cc12. The van der Waals surface area contributed by atoms with Gasteiger partial charge in [-0.25, -0.2) is 4.98 Å². The molecule has 5 nitrogen and oxygen atoms in total. The number of hydrogen-bond acceptors (Lipinski definition) is 5. The number of aromatic nitrogens is 1. The Morgan fingerprint density at radius 3 is 2.40 bits per heavy atom. The molecule has 0 unspecified atom stereocenters. The van der Waals surface area contributed by atoms with Gasteiger partial charge in [-0.2, -0.15) is 0 Å². The van der Waals surface area contributed by atoms with Gasteiger partial charge in [0.1, 0.15) is 23.1 Å². The van der Waals surface area contributed by atoms with E-state index in [1.165, 1.54) is 16.3 Å². The smallest absolute Gasteiger partial charge is 0.139 e. The van der Waals surface area contributed by atoms with Crippen molar-refractivity contribution in [2.24, 2.45) is 0 Å². The Morgan fingerprint density at radius 2 is 1.68 bits per heavy atom. The second-order valence-electron chi connectivity index (χ2n) is 7.10. The number of piperazine rings is 1. The molecule has 0 atom stereocenters. The summed E-state index contributed by atoms with van der Waals surface area (Å²) in [5.41, 5.74) is 1.29. The standard InChI is InChI=1S/C19H26N4OS/c1-15-4-3-5-16-17(15)14-18(22-8-6-21(2)7-9-22)20-19(16)23-10-12-25(24)13-11-23/h3-5,14H,6-13H2,1-2H3. The molecular weight excluding hydrogens is 332 g/mol. The van der Waals surface area contributed by atoms with Crippen molar-refractivity contribution < 1.29 is 4.55 Å². The lowest BCUT2D eigenvalue weighted by molar-refractivity contribution is 0.312. The van der Waals surface area contributed by atoms with E-state index in [2.05, 4.69) is 52.9 Å². The van der Waals surface area contributed by atoms with Crippen LogP contribution in [0, 0.1) is 6.92 Å². The largest absolute Gasteiger partial charge is 0.616 e. The predicted octanol–water partition coefficient (Wildman–Crippen LogP) is 1.86. The first-order valence-corrected chi connectivity index (χ1v) is 10.5. The highest BCUT2D eigenvalue weighted by Crippen LogP contribution is 2.32. The highest BCUT2D eigenvalue weighted by Gasteiger charge is 2.24. The van der Waals surface area contributed by atoms with Crippen molar-refractivity contribution >= 4 is 33.6 Å². The molecule has 0 spiro atoms. The maximum absolute atomic E-state index is 11.8. The Bertz CT molecular complexity index is 752. The van der Waals surface area contributed by atoms with E-state index in [0.717, 1.165) is 62.4 Å². The molecule has 0 bridgehead atoms. The zero-order chi connectivity index (χ0) is 17.4. The molecule has 134 valence electrons. The van der Waals surface area contributed by atoms with Crippen LogP contribution in [-0.4, -0.2) is 72.3 Å². The molecule has 2 aliphatic rings. The maximum Gasteiger partial charge on any atom is 0.139 e. The van der Waals surface area contributed by atoms with Gasteiger partial charge in [-0.15, -0.1) is 0 Å². The fourth-order valence-corrected chi connectivity index (χ4v) is 4.74. The molecule has 0 N–H and O–H groups in total. The molecule has 6 heteroatoms. The van der Waals surface area contributed by atoms with E-state index in [1.54, 1.807) is 0 Å². The summed E-state index contributed by atoms with van der Waals surface area (Å²) in [6.07, 6.45) is 0. The first-order valence-electron chi connectivity index (χ1n) is 9.05. The fourth-order valence-electron chi connectivity index (χ4n) is 3.69. The van der Waals surface area contributed by atoms with E-state index < -0.39 is 11.2 Å². The molecule has 1 aromatic heterocycles. The molecule has 1 aromatic carbocycles. The Hall–Kier alpha value is -1.50. The number of benzene rings is 1. The van der Waals surface area contributed by atoms with Crippen molar-refractivity contribution in [1.29, 1.82) is 0 Å². The molecular formula is C19H26N4OS. The lowest BCUT2D eigenvalue weighted by Gasteiger charge is -2.35. The van der Waals surface area contributed by atoms with E-state index in [-0.39, 0.29) is 0 Å². The number of likely N-dealkylation sites (N-methyl/N-ethyl adjacent to an activating group) is 1. The van der Waals surface area contributed by atoms with Gasteiger partial charge in [0.25, 0.3) is 0 Å². The number of fused-ring (bicyclic) bond motifs is 1. The molecule has 0 aliphatic carbocycles. The Kier molecular flexibility index (Phi) is 4.75. The molecule has 2 saturated heterocycles. The third-order valence-corrected chi connectivity index (χ3v) is 6.64. The fraction of sp³-hybridized carbons (Fsp3) is 0.526. The van der Waals surface area contributed by atoms with Gasteiger partial charge < -0.3 is 19.3 Å². The zero-order valence-corrected chi connectivity index (χ0v) is 15.9. The second kappa shape index (κ2) is 7.02. The molecule has 2 fully saturated rings. The molecule has 0 amide bonds. The van der Waals surface area contributed by atoms with Gasteiger partial charge in [0.05, 0.1) is 13.1 Å². The summed E-state index contributed by atoms with van der Waals surface area (Å²) < 4.78 is 11.8. The van der Waals surface area contributed by atoms with Gasteiger partial charge in [-0.1, -0.05) is 29.4 Å². The number of rotatable bonds is 2. The van der Waals surface area contributed by atoms with Crippen molar-refractivity contribution in [2.75, 3.05) is 67.6 Å². The number of aryl methyl sites for hydroxylation is 1. The van der Waals surface area contributed by atoms with Gasteiger partial charge in [0, 0.05) is 31.6 Å². The summed E-state index contributed by atoms with van der Waals surface area (Å²) >= 11 is -0.672. The molecule has 2 aromatic rings. The Morgan fingerprint density at radius 1 is 0.960 bits per heavy atom. The molecule has 3 heterocycles. The number of anilines is 2. The summed E-state index contributed by atoms with van der Waals surface area (Å²) in [5.74, 6) is 3.63. The number of pyridine rings is 1. The average Bonchev–Trinajstić information content (AvgIpc) is 2.63. The quantitative estimate of drug-likeness (QED) is 0.767. The Labute approximate surface area is 152 Å². The van der Waals surface area contributed by atoms with E-state index in [0.29, 0.717) is 0 Å². The van der Waals surface area contributed by atoms with Crippen molar-refractivity contribution in [2.45, 2.75) is 6.92 Å². The average molecular weight is 359 g/mol. The first-order chi connectivity index (χ1) is 12.1. The van der Waals surface area contributed by atoms with E-state index in [4.69, 9.17) is 4.98 Å². The molecule has 2 aliphatic heterocycles.